The number of nitrogens with one attached hydrogen (secondary N) is 1. The van der Waals surface area contributed by atoms with Crippen molar-refractivity contribution in [3.05, 3.63) is 29.8 Å². The van der Waals surface area contributed by atoms with Crippen LogP contribution in [0, 0.1) is 11.3 Å². The van der Waals surface area contributed by atoms with Crippen LogP contribution < -0.4 is 16.8 Å². The lowest BCUT2D eigenvalue weighted by Crippen LogP contribution is -2.35. The molecule has 0 saturated heterocycles. The maximum atomic E-state index is 8.59. The van der Waals surface area contributed by atoms with Crippen molar-refractivity contribution in [2.45, 2.75) is 6.04 Å². The number of rotatable bonds is 4. The standard InChI is InChI=1S/C10H14N4/c11-5-8-1-3-9(4-2-8)14-10(6-12)7-13/h1-4,10,14H,6-7,12-13H2. The Morgan fingerprint density at radius 3 is 2.21 bits per heavy atom. The van der Waals surface area contributed by atoms with E-state index < -0.39 is 0 Å². The average molecular weight is 190 g/mol. The SMILES string of the molecule is N#Cc1ccc(NC(CN)CN)cc1. The Bertz CT molecular complexity index is 308. The molecule has 1 aromatic rings. The van der Waals surface area contributed by atoms with Crippen LogP contribution in [0.2, 0.25) is 0 Å². The molecule has 1 aromatic carbocycles. The molecule has 0 aliphatic heterocycles. The Kier molecular flexibility index (Phi) is 3.92. The summed E-state index contributed by atoms with van der Waals surface area (Å²) in [5.74, 6) is 0. The number of anilines is 1. The minimum atomic E-state index is 0.0861. The highest BCUT2D eigenvalue weighted by molar-refractivity contribution is 5.47. The molecule has 0 saturated carbocycles. The molecule has 5 N–H and O–H groups in total. The third kappa shape index (κ3) is 2.73. The van der Waals surface area contributed by atoms with Crippen molar-refractivity contribution in [2.75, 3.05) is 18.4 Å². The molecular formula is C10H14N4. The van der Waals surface area contributed by atoms with Crippen LogP contribution in [0.5, 0.6) is 0 Å². The van der Waals surface area contributed by atoms with E-state index in [-0.39, 0.29) is 6.04 Å². The lowest BCUT2D eigenvalue weighted by molar-refractivity contribution is 0.737. The van der Waals surface area contributed by atoms with Gasteiger partial charge in [0, 0.05) is 18.8 Å². The van der Waals surface area contributed by atoms with E-state index in [0.29, 0.717) is 18.7 Å². The van der Waals surface area contributed by atoms with E-state index in [1.807, 2.05) is 12.1 Å². The van der Waals surface area contributed by atoms with Gasteiger partial charge in [0.2, 0.25) is 0 Å². The first kappa shape index (κ1) is 10.5. The van der Waals surface area contributed by atoms with Crippen LogP contribution in [-0.4, -0.2) is 19.1 Å². The fourth-order valence-corrected chi connectivity index (χ4v) is 1.09. The van der Waals surface area contributed by atoms with Crippen LogP contribution >= 0.6 is 0 Å². The zero-order valence-electron chi connectivity index (χ0n) is 7.90. The summed E-state index contributed by atoms with van der Waals surface area (Å²) < 4.78 is 0. The van der Waals surface area contributed by atoms with E-state index >= 15 is 0 Å². The Labute approximate surface area is 83.5 Å². The summed E-state index contributed by atoms with van der Waals surface area (Å²) in [5.41, 5.74) is 12.6. The topological polar surface area (TPSA) is 87.9 Å². The van der Waals surface area contributed by atoms with Crippen LogP contribution in [0.4, 0.5) is 5.69 Å². The summed E-state index contributed by atoms with van der Waals surface area (Å²) in [6.07, 6.45) is 0. The fraction of sp³-hybridized carbons (Fsp3) is 0.300. The molecule has 0 aliphatic rings. The van der Waals surface area contributed by atoms with E-state index in [0.717, 1.165) is 5.69 Å². The van der Waals surface area contributed by atoms with Crippen LogP contribution in [0.25, 0.3) is 0 Å². The summed E-state index contributed by atoms with van der Waals surface area (Å²) in [7, 11) is 0. The van der Waals surface area contributed by atoms with Crippen molar-refractivity contribution in [1.82, 2.24) is 0 Å². The number of hydrogen-bond acceptors (Lipinski definition) is 4. The Morgan fingerprint density at radius 2 is 1.79 bits per heavy atom. The van der Waals surface area contributed by atoms with Crippen molar-refractivity contribution in [3.8, 4) is 6.07 Å². The molecule has 1 rings (SSSR count). The predicted molar refractivity (Wildman–Crippen MR) is 56.7 cm³/mol. The first-order valence-electron chi connectivity index (χ1n) is 4.47. The van der Waals surface area contributed by atoms with Crippen LogP contribution in [0.1, 0.15) is 5.56 Å². The highest BCUT2D eigenvalue weighted by Gasteiger charge is 2.02. The molecular weight excluding hydrogens is 176 g/mol. The van der Waals surface area contributed by atoms with Gasteiger partial charge >= 0.3 is 0 Å². The van der Waals surface area contributed by atoms with Crippen molar-refractivity contribution < 1.29 is 0 Å². The van der Waals surface area contributed by atoms with Gasteiger partial charge < -0.3 is 16.8 Å². The van der Waals surface area contributed by atoms with Crippen molar-refractivity contribution in [1.29, 1.82) is 5.26 Å². The average Bonchev–Trinajstić information content (AvgIpc) is 2.26. The van der Waals surface area contributed by atoms with E-state index in [4.69, 9.17) is 16.7 Å². The third-order valence-corrected chi connectivity index (χ3v) is 1.95. The van der Waals surface area contributed by atoms with E-state index in [2.05, 4.69) is 11.4 Å². The lowest BCUT2D eigenvalue weighted by atomic mass is 10.2. The van der Waals surface area contributed by atoms with E-state index in [9.17, 15) is 0 Å². The smallest absolute Gasteiger partial charge is 0.0991 e. The first-order valence-corrected chi connectivity index (χ1v) is 4.47. The zero-order chi connectivity index (χ0) is 10.4. The molecule has 0 fully saturated rings. The molecule has 14 heavy (non-hydrogen) atoms. The molecule has 0 bridgehead atoms. The summed E-state index contributed by atoms with van der Waals surface area (Å²) in [6, 6.07) is 9.35. The zero-order valence-corrected chi connectivity index (χ0v) is 7.90. The van der Waals surface area contributed by atoms with Gasteiger partial charge in [0.25, 0.3) is 0 Å². The van der Waals surface area contributed by atoms with Crippen LogP contribution in [0.3, 0.4) is 0 Å². The number of nitrogens with two attached hydrogens (primary N) is 2. The van der Waals surface area contributed by atoms with Crippen molar-refractivity contribution in [2.24, 2.45) is 11.5 Å². The fourth-order valence-electron chi connectivity index (χ4n) is 1.09. The van der Waals surface area contributed by atoms with Gasteiger partial charge in [0.1, 0.15) is 0 Å². The Morgan fingerprint density at radius 1 is 1.21 bits per heavy atom. The molecule has 0 atom stereocenters. The van der Waals surface area contributed by atoms with Gasteiger partial charge in [-0.25, -0.2) is 0 Å². The normalized spacial score (nSPS) is 9.86. The Balaban J connectivity index is 2.64. The second-order valence-corrected chi connectivity index (χ2v) is 3.00. The molecule has 0 amide bonds. The number of hydrogen-bond donors (Lipinski definition) is 3. The predicted octanol–water partition coefficient (Wildman–Crippen LogP) is 0.256. The van der Waals surface area contributed by atoms with Crippen LogP contribution in [0.15, 0.2) is 24.3 Å². The third-order valence-electron chi connectivity index (χ3n) is 1.95. The highest BCUT2D eigenvalue weighted by Crippen LogP contribution is 2.09. The van der Waals surface area contributed by atoms with E-state index in [1.54, 1.807) is 12.1 Å². The highest BCUT2D eigenvalue weighted by atomic mass is 15.0. The molecule has 0 aliphatic carbocycles. The maximum absolute atomic E-state index is 8.59. The lowest BCUT2D eigenvalue weighted by Gasteiger charge is -2.15. The van der Waals surface area contributed by atoms with E-state index in [1.165, 1.54) is 0 Å². The molecule has 4 heteroatoms. The van der Waals surface area contributed by atoms with Gasteiger partial charge in [-0.15, -0.1) is 0 Å². The van der Waals surface area contributed by atoms with Gasteiger partial charge in [-0.3, -0.25) is 0 Å². The molecule has 4 nitrogen and oxygen atoms in total. The summed E-state index contributed by atoms with van der Waals surface area (Å²) in [5, 5.41) is 11.8. The van der Waals surface area contributed by atoms with Gasteiger partial charge in [-0.2, -0.15) is 5.26 Å². The largest absolute Gasteiger partial charge is 0.380 e. The molecule has 0 aromatic heterocycles. The number of nitriles is 1. The van der Waals surface area contributed by atoms with Gasteiger partial charge in [0.05, 0.1) is 17.7 Å². The van der Waals surface area contributed by atoms with Crippen molar-refractivity contribution in [3.63, 3.8) is 0 Å². The van der Waals surface area contributed by atoms with Crippen molar-refractivity contribution >= 4 is 5.69 Å². The molecule has 0 spiro atoms. The maximum Gasteiger partial charge on any atom is 0.0991 e. The minimum Gasteiger partial charge on any atom is -0.380 e. The first-order chi connectivity index (χ1) is 6.80. The van der Waals surface area contributed by atoms with Gasteiger partial charge in [-0.05, 0) is 24.3 Å². The molecule has 0 heterocycles. The molecule has 74 valence electrons. The van der Waals surface area contributed by atoms with Gasteiger partial charge in [0.15, 0.2) is 0 Å². The number of benzene rings is 1. The summed E-state index contributed by atoms with van der Waals surface area (Å²) in [6.45, 7) is 0.993. The molecule has 0 radical (unpaired) electrons. The minimum absolute atomic E-state index is 0.0861. The quantitative estimate of drug-likeness (QED) is 0.635. The molecule has 0 unspecified atom stereocenters. The Hall–Kier alpha value is -1.57. The van der Waals surface area contributed by atoms with Crippen LogP contribution in [-0.2, 0) is 0 Å². The summed E-state index contributed by atoms with van der Waals surface area (Å²) >= 11 is 0. The number of nitrogens with zero attached hydrogens (tertiary/aromatic N) is 1. The second kappa shape index (κ2) is 5.22. The second-order valence-electron chi connectivity index (χ2n) is 3.00. The summed E-state index contributed by atoms with van der Waals surface area (Å²) in [4.78, 5) is 0. The van der Waals surface area contributed by atoms with Gasteiger partial charge in [-0.1, -0.05) is 0 Å². The monoisotopic (exact) mass is 190 g/mol.